The largest absolute Gasteiger partial charge is 0.378 e. The van der Waals surface area contributed by atoms with Crippen molar-refractivity contribution in [1.29, 1.82) is 0 Å². The van der Waals surface area contributed by atoms with Gasteiger partial charge in [-0.1, -0.05) is 33.6 Å². The van der Waals surface area contributed by atoms with Gasteiger partial charge >= 0.3 is 0 Å². The van der Waals surface area contributed by atoms with Crippen LogP contribution in [0.4, 0.5) is 0 Å². The highest BCUT2D eigenvalue weighted by atomic mass is 16.5. The Kier molecular flexibility index (Phi) is 6.26. The third kappa shape index (κ3) is 3.76. The van der Waals surface area contributed by atoms with E-state index in [1.807, 2.05) is 0 Å². The van der Waals surface area contributed by atoms with Crippen LogP contribution in [0.3, 0.4) is 0 Å². The van der Waals surface area contributed by atoms with Crippen molar-refractivity contribution in [3.8, 4) is 0 Å². The highest BCUT2D eigenvalue weighted by molar-refractivity contribution is 4.82. The highest BCUT2D eigenvalue weighted by Crippen LogP contribution is 2.30. The molecule has 1 aliphatic rings. The second-order valence-electron chi connectivity index (χ2n) is 4.66. The van der Waals surface area contributed by atoms with Gasteiger partial charge in [-0.3, -0.25) is 0 Å². The van der Waals surface area contributed by atoms with E-state index in [-0.39, 0.29) is 0 Å². The van der Waals surface area contributed by atoms with E-state index in [0.29, 0.717) is 6.10 Å². The molecule has 0 radical (unpaired) electrons. The minimum absolute atomic E-state index is 0.518. The van der Waals surface area contributed by atoms with Crippen LogP contribution in [0.15, 0.2) is 0 Å². The van der Waals surface area contributed by atoms with Crippen molar-refractivity contribution in [3.63, 3.8) is 0 Å². The van der Waals surface area contributed by atoms with Crippen LogP contribution in [0, 0.1) is 11.8 Å². The number of hydrogen-bond acceptors (Lipinski definition) is 2. The quantitative estimate of drug-likeness (QED) is 0.657. The molecule has 1 rings (SSSR count). The summed E-state index contributed by atoms with van der Waals surface area (Å²) in [6.45, 7) is 10.1. The van der Waals surface area contributed by atoms with Gasteiger partial charge in [0.05, 0.1) is 6.10 Å². The maximum absolute atomic E-state index is 5.90. The lowest BCUT2D eigenvalue weighted by molar-refractivity contribution is 0.0383. The summed E-state index contributed by atoms with van der Waals surface area (Å²) in [5, 5.41) is 3.53. The maximum Gasteiger partial charge on any atom is 0.0644 e. The van der Waals surface area contributed by atoms with E-state index < -0.39 is 0 Å². The van der Waals surface area contributed by atoms with Crippen LogP contribution >= 0.6 is 0 Å². The molecule has 1 heterocycles. The van der Waals surface area contributed by atoms with Crippen LogP contribution in [-0.4, -0.2) is 25.8 Å². The van der Waals surface area contributed by atoms with E-state index in [2.05, 4.69) is 26.1 Å². The first kappa shape index (κ1) is 13.0. The molecular formula is C13H27NO. The van der Waals surface area contributed by atoms with Crippen molar-refractivity contribution in [1.82, 2.24) is 5.32 Å². The number of hydrogen-bond donors (Lipinski definition) is 1. The normalized spacial score (nSPS) is 26.4. The highest BCUT2D eigenvalue weighted by Gasteiger charge is 2.32. The SMILES string of the molecule is CCCNCC1CCOC1C(CC)CC. The van der Waals surface area contributed by atoms with Crippen molar-refractivity contribution in [2.75, 3.05) is 19.7 Å². The van der Waals surface area contributed by atoms with Crippen molar-refractivity contribution >= 4 is 0 Å². The molecule has 2 unspecified atom stereocenters. The summed E-state index contributed by atoms with van der Waals surface area (Å²) in [6.07, 6.45) is 5.50. The number of rotatable bonds is 7. The minimum Gasteiger partial charge on any atom is -0.378 e. The first-order valence-electron chi connectivity index (χ1n) is 6.65. The van der Waals surface area contributed by atoms with Crippen LogP contribution in [-0.2, 0) is 4.74 Å². The third-order valence-electron chi connectivity index (χ3n) is 3.61. The van der Waals surface area contributed by atoms with Gasteiger partial charge in [-0.2, -0.15) is 0 Å². The van der Waals surface area contributed by atoms with Crippen LogP contribution < -0.4 is 5.32 Å². The van der Waals surface area contributed by atoms with Crippen molar-refractivity contribution < 1.29 is 4.74 Å². The Balaban J connectivity index is 2.34. The predicted molar refractivity (Wildman–Crippen MR) is 65.1 cm³/mol. The fourth-order valence-corrected chi connectivity index (χ4v) is 2.61. The van der Waals surface area contributed by atoms with Gasteiger partial charge in [0.2, 0.25) is 0 Å². The predicted octanol–water partition coefficient (Wildman–Crippen LogP) is 2.83. The molecule has 2 nitrogen and oxygen atoms in total. The molecule has 90 valence electrons. The smallest absolute Gasteiger partial charge is 0.0644 e. The van der Waals surface area contributed by atoms with Crippen LogP contribution in [0.2, 0.25) is 0 Å². The Bertz CT molecular complexity index is 157. The summed E-state index contributed by atoms with van der Waals surface area (Å²) in [5.41, 5.74) is 0. The molecule has 2 heteroatoms. The van der Waals surface area contributed by atoms with Gasteiger partial charge in [-0.05, 0) is 25.3 Å². The molecular weight excluding hydrogens is 186 g/mol. The Morgan fingerprint density at radius 2 is 2.00 bits per heavy atom. The molecule has 0 spiro atoms. The fraction of sp³-hybridized carbons (Fsp3) is 1.00. The van der Waals surface area contributed by atoms with Crippen molar-refractivity contribution in [3.05, 3.63) is 0 Å². The Morgan fingerprint density at radius 3 is 2.60 bits per heavy atom. The third-order valence-corrected chi connectivity index (χ3v) is 3.61. The Morgan fingerprint density at radius 1 is 1.27 bits per heavy atom. The van der Waals surface area contributed by atoms with Crippen molar-refractivity contribution in [2.24, 2.45) is 11.8 Å². The Hall–Kier alpha value is -0.0800. The average molecular weight is 213 g/mol. The molecule has 0 bridgehead atoms. The molecule has 2 atom stereocenters. The maximum atomic E-state index is 5.90. The molecule has 1 saturated heterocycles. The summed E-state index contributed by atoms with van der Waals surface area (Å²) >= 11 is 0. The summed E-state index contributed by atoms with van der Waals surface area (Å²) in [7, 11) is 0. The molecule has 0 aromatic carbocycles. The molecule has 0 aromatic heterocycles. The van der Waals surface area contributed by atoms with Gasteiger partial charge in [0.15, 0.2) is 0 Å². The molecule has 1 aliphatic heterocycles. The molecule has 0 amide bonds. The molecule has 15 heavy (non-hydrogen) atoms. The molecule has 0 saturated carbocycles. The summed E-state index contributed by atoms with van der Waals surface area (Å²) in [5.74, 6) is 1.52. The second-order valence-corrected chi connectivity index (χ2v) is 4.66. The lowest BCUT2D eigenvalue weighted by Gasteiger charge is -2.26. The standard InChI is InChI=1S/C13H27NO/c1-4-8-14-10-12-7-9-15-13(12)11(5-2)6-3/h11-14H,4-10H2,1-3H3. The molecule has 0 aliphatic carbocycles. The summed E-state index contributed by atoms with van der Waals surface area (Å²) in [6, 6.07) is 0. The number of nitrogens with one attached hydrogen (secondary N) is 1. The van der Waals surface area contributed by atoms with Crippen LogP contribution in [0.5, 0.6) is 0 Å². The Labute approximate surface area is 94.8 Å². The van der Waals surface area contributed by atoms with E-state index >= 15 is 0 Å². The second kappa shape index (κ2) is 7.24. The molecule has 1 N–H and O–H groups in total. The first-order valence-corrected chi connectivity index (χ1v) is 6.65. The van der Waals surface area contributed by atoms with E-state index in [4.69, 9.17) is 4.74 Å². The lowest BCUT2D eigenvalue weighted by atomic mass is 9.87. The van der Waals surface area contributed by atoms with Gasteiger partial charge in [0.1, 0.15) is 0 Å². The lowest BCUT2D eigenvalue weighted by Crippen LogP contribution is -2.33. The molecule has 0 aromatic rings. The number of ether oxygens (including phenoxy) is 1. The summed E-state index contributed by atoms with van der Waals surface area (Å²) < 4.78 is 5.90. The molecule has 1 fully saturated rings. The van der Waals surface area contributed by atoms with Crippen LogP contribution in [0.25, 0.3) is 0 Å². The first-order chi connectivity index (χ1) is 7.33. The van der Waals surface area contributed by atoms with Gasteiger partial charge in [0, 0.05) is 19.1 Å². The van der Waals surface area contributed by atoms with E-state index in [1.165, 1.54) is 25.7 Å². The van der Waals surface area contributed by atoms with Crippen molar-refractivity contribution in [2.45, 2.75) is 52.6 Å². The topological polar surface area (TPSA) is 21.3 Å². The summed E-state index contributed by atoms with van der Waals surface area (Å²) in [4.78, 5) is 0. The van der Waals surface area contributed by atoms with Gasteiger partial charge in [0.25, 0.3) is 0 Å². The van der Waals surface area contributed by atoms with Gasteiger partial charge in [-0.15, -0.1) is 0 Å². The monoisotopic (exact) mass is 213 g/mol. The minimum atomic E-state index is 0.518. The zero-order valence-electron chi connectivity index (χ0n) is 10.6. The van der Waals surface area contributed by atoms with E-state index in [0.717, 1.165) is 31.5 Å². The van der Waals surface area contributed by atoms with Gasteiger partial charge in [-0.25, -0.2) is 0 Å². The van der Waals surface area contributed by atoms with Gasteiger partial charge < -0.3 is 10.1 Å². The fourth-order valence-electron chi connectivity index (χ4n) is 2.61. The zero-order valence-corrected chi connectivity index (χ0v) is 10.6. The van der Waals surface area contributed by atoms with E-state index in [9.17, 15) is 0 Å². The van der Waals surface area contributed by atoms with Crippen LogP contribution in [0.1, 0.15) is 46.5 Å². The zero-order chi connectivity index (χ0) is 11.1. The van der Waals surface area contributed by atoms with E-state index in [1.54, 1.807) is 0 Å². The average Bonchev–Trinajstić information content (AvgIpc) is 2.69.